The Bertz CT molecular complexity index is 838. The molecule has 0 saturated heterocycles. The van der Waals surface area contributed by atoms with Crippen molar-refractivity contribution >= 4 is 28.3 Å². The number of nitrogens with one attached hydrogen (secondary N) is 2. The summed E-state index contributed by atoms with van der Waals surface area (Å²) in [5.74, 6) is -0.444. The van der Waals surface area contributed by atoms with E-state index in [2.05, 4.69) is 16.7 Å². The topological polar surface area (TPSA) is 67.4 Å². The highest BCUT2D eigenvalue weighted by atomic mass is 32.1. The number of carbonyl (C=O) groups is 2. The number of rotatable bonds is 4. The Morgan fingerprint density at radius 2 is 1.85 bits per heavy atom. The number of carbonyl (C=O) groups excluding carboxylic acids is 2. The predicted octanol–water partition coefficient (Wildman–Crippen LogP) is 5.27. The summed E-state index contributed by atoms with van der Waals surface area (Å²) in [5.41, 5.74) is 4.37. The highest BCUT2D eigenvalue weighted by molar-refractivity contribution is 7.15. The summed E-state index contributed by atoms with van der Waals surface area (Å²) in [6.45, 7) is 4.03. The molecule has 5 nitrogen and oxygen atoms in total. The van der Waals surface area contributed by atoms with Crippen molar-refractivity contribution in [2.24, 2.45) is 0 Å². The van der Waals surface area contributed by atoms with E-state index in [-0.39, 0.29) is 12.1 Å². The molecule has 27 heavy (non-hydrogen) atoms. The smallest absolute Gasteiger partial charge is 0.341 e. The summed E-state index contributed by atoms with van der Waals surface area (Å²) in [5, 5.41) is 8.32. The second kappa shape index (κ2) is 8.57. The molecule has 144 valence electrons. The van der Waals surface area contributed by atoms with Crippen LogP contribution < -0.4 is 10.6 Å². The number of hydrogen-bond acceptors (Lipinski definition) is 4. The van der Waals surface area contributed by atoms with Crippen molar-refractivity contribution in [2.75, 3.05) is 12.4 Å². The molecular formula is C21H26N2O3S. The van der Waals surface area contributed by atoms with E-state index in [0.717, 1.165) is 47.9 Å². The minimum atomic E-state index is -0.444. The maximum absolute atomic E-state index is 12.5. The lowest BCUT2D eigenvalue weighted by molar-refractivity contribution is 0.0603. The summed E-state index contributed by atoms with van der Waals surface area (Å²) in [4.78, 5) is 24.9. The van der Waals surface area contributed by atoms with E-state index < -0.39 is 5.97 Å². The largest absolute Gasteiger partial charge is 0.465 e. The summed E-state index contributed by atoms with van der Waals surface area (Å²) < 4.78 is 5.00. The average molecular weight is 387 g/mol. The third-order valence-corrected chi connectivity index (χ3v) is 5.93. The van der Waals surface area contributed by atoms with Crippen LogP contribution in [-0.2, 0) is 4.74 Å². The van der Waals surface area contributed by atoms with E-state index in [4.69, 9.17) is 4.74 Å². The van der Waals surface area contributed by atoms with Crippen LogP contribution in [0.15, 0.2) is 23.6 Å². The van der Waals surface area contributed by atoms with Crippen LogP contribution in [0.1, 0.15) is 53.6 Å². The van der Waals surface area contributed by atoms with Crippen LogP contribution in [0.3, 0.4) is 0 Å². The molecule has 3 rings (SSSR count). The Labute approximate surface area is 164 Å². The van der Waals surface area contributed by atoms with E-state index in [1.165, 1.54) is 24.9 Å². The van der Waals surface area contributed by atoms with Crippen molar-refractivity contribution in [2.45, 2.75) is 52.0 Å². The van der Waals surface area contributed by atoms with E-state index in [1.807, 2.05) is 31.4 Å². The van der Waals surface area contributed by atoms with Gasteiger partial charge in [0, 0.05) is 17.0 Å². The maximum Gasteiger partial charge on any atom is 0.341 e. The van der Waals surface area contributed by atoms with Crippen LogP contribution in [0, 0.1) is 13.8 Å². The van der Waals surface area contributed by atoms with Crippen molar-refractivity contribution < 1.29 is 14.3 Å². The number of ether oxygens (including phenoxy) is 1. The minimum Gasteiger partial charge on any atom is -0.465 e. The summed E-state index contributed by atoms with van der Waals surface area (Å²) in [6.07, 6.45) is 5.55. The minimum absolute atomic E-state index is 0.207. The van der Waals surface area contributed by atoms with Crippen LogP contribution >= 0.6 is 11.3 Å². The molecule has 0 bridgehead atoms. The number of thiophene rings is 1. The van der Waals surface area contributed by atoms with Crippen LogP contribution in [0.25, 0.3) is 11.1 Å². The molecule has 1 aliphatic rings. The van der Waals surface area contributed by atoms with E-state index in [0.29, 0.717) is 10.6 Å². The molecule has 0 radical (unpaired) electrons. The molecule has 1 aliphatic carbocycles. The van der Waals surface area contributed by atoms with Gasteiger partial charge >= 0.3 is 12.0 Å². The molecular weight excluding hydrogens is 360 g/mol. The number of benzene rings is 1. The molecule has 2 N–H and O–H groups in total. The monoisotopic (exact) mass is 386 g/mol. The first-order valence-electron chi connectivity index (χ1n) is 9.34. The van der Waals surface area contributed by atoms with Crippen molar-refractivity contribution in [3.63, 3.8) is 0 Å². The van der Waals surface area contributed by atoms with Gasteiger partial charge in [0.25, 0.3) is 0 Å². The van der Waals surface area contributed by atoms with Crippen molar-refractivity contribution in [1.82, 2.24) is 5.32 Å². The molecule has 0 atom stereocenters. The number of amides is 2. The first kappa shape index (κ1) is 19.4. The third kappa shape index (κ3) is 4.50. The lowest BCUT2D eigenvalue weighted by Gasteiger charge is -2.22. The van der Waals surface area contributed by atoms with Crippen LogP contribution in [-0.4, -0.2) is 25.2 Å². The van der Waals surface area contributed by atoms with Gasteiger partial charge in [-0.05, 0) is 37.8 Å². The molecule has 1 aromatic carbocycles. The maximum atomic E-state index is 12.5. The van der Waals surface area contributed by atoms with Gasteiger partial charge < -0.3 is 10.1 Å². The number of methoxy groups -OCH3 is 1. The Morgan fingerprint density at radius 1 is 1.11 bits per heavy atom. The quantitative estimate of drug-likeness (QED) is 0.703. The number of aryl methyl sites for hydroxylation is 2. The molecule has 0 aliphatic heterocycles. The van der Waals surface area contributed by atoms with Gasteiger partial charge in [-0.25, -0.2) is 9.59 Å². The van der Waals surface area contributed by atoms with Gasteiger partial charge in [0.2, 0.25) is 0 Å². The lowest BCUT2D eigenvalue weighted by atomic mass is 9.96. The molecule has 0 spiro atoms. The fraction of sp³-hybridized carbons (Fsp3) is 0.429. The Kier molecular flexibility index (Phi) is 6.16. The van der Waals surface area contributed by atoms with Gasteiger partial charge in [-0.1, -0.05) is 43.0 Å². The van der Waals surface area contributed by atoms with Crippen LogP contribution in [0.4, 0.5) is 9.80 Å². The SMILES string of the molecule is COC(=O)c1c(-c2cc(C)ccc2C)csc1NC(=O)NC1CCCCC1. The molecule has 1 heterocycles. The van der Waals surface area contributed by atoms with Crippen LogP contribution in [0.2, 0.25) is 0 Å². The number of urea groups is 1. The Balaban J connectivity index is 1.87. The number of esters is 1. The summed E-state index contributed by atoms with van der Waals surface area (Å²) >= 11 is 1.35. The van der Waals surface area contributed by atoms with Gasteiger partial charge in [0.05, 0.1) is 7.11 Å². The third-order valence-electron chi connectivity index (χ3n) is 5.03. The second-order valence-corrected chi connectivity index (χ2v) is 7.98. The predicted molar refractivity (Wildman–Crippen MR) is 110 cm³/mol. The van der Waals surface area contributed by atoms with Crippen molar-refractivity contribution in [1.29, 1.82) is 0 Å². The van der Waals surface area contributed by atoms with E-state index in [9.17, 15) is 9.59 Å². The summed E-state index contributed by atoms with van der Waals surface area (Å²) in [6, 6.07) is 6.07. The number of hydrogen-bond donors (Lipinski definition) is 2. The molecule has 0 unspecified atom stereocenters. The summed E-state index contributed by atoms with van der Waals surface area (Å²) in [7, 11) is 1.36. The van der Waals surface area contributed by atoms with E-state index in [1.54, 1.807) is 0 Å². The first-order valence-corrected chi connectivity index (χ1v) is 10.2. The Hall–Kier alpha value is -2.34. The molecule has 1 saturated carbocycles. The zero-order valence-corrected chi connectivity index (χ0v) is 16.9. The van der Waals surface area contributed by atoms with Gasteiger partial charge in [0.15, 0.2) is 0 Å². The standard InChI is InChI=1S/C21H26N2O3S/c1-13-9-10-14(2)16(11-13)17-12-27-19(18(17)20(24)26-3)23-21(25)22-15-7-5-4-6-8-15/h9-12,15H,4-8H2,1-3H3,(H2,22,23,25). The molecule has 2 amide bonds. The fourth-order valence-corrected chi connectivity index (χ4v) is 4.49. The van der Waals surface area contributed by atoms with Gasteiger partial charge in [-0.15, -0.1) is 11.3 Å². The van der Waals surface area contributed by atoms with E-state index >= 15 is 0 Å². The highest BCUT2D eigenvalue weighted by Crippen LogP contribution is 2.38. The number of anilines is 1. The fourth-order valence-electron chi connectivity index (χ4n) is 3.55. The zero-order valence-electron chi connectivity index (χ0n) is 16.1. The first-order chi connectivity index (χ1) is 13.0. The lowest BCUT2D eigenvalue weighted by Crippen LogP contribution is -2.39. The zero-order chi connectivity index (χ0) is 19.4. The van der Waals surface area contributed by atoms with Gasteiger partial charge in [-0.3, -0.25) is 5.32 Å². The van der Waals surface area contributed by atoms with Gasteiger partial charge in [0.1, 0.15) is 10.6 Å². The Morgan fingerprint density at radius 3 is 2.56 bits per heavy atom. The van der Waals surface area contributed by atoms with Crippen LogP contribution in [0.5, 0.6) is 0 Å². The normalized spacial score (nSPS) is 14.6. The molecule has 1 aromatic heterocycles. The molecule has 6 heteroatoms. The van der Waals surface area contributed by atoms with Crippen molar-refractivity contribution in [3.8, 4) is 11.1 Å². The van der Waals surface area contributed by atoms with Gasteiger partial charge in [-0.2, -0.15) is 0 Å². The highest BCUT2D eigenvalue weighted by Gasteiger charge is 2.24. The molecule has 1 fully saturated rings. The second-order valence-electron chi connectivity index (χ2n) is 7.10. The van der Waals surface area contributed by atoms with Crippen molar-refractivity contribution in [3.05, 3.63) is 40.3 Å². The molecule has 2 aromatic rings. The average Bonchev–Trinajstić information content (AvgIpc) is 3.07.